The van der Waals surface area contributed by atoms with E-state index >= 15 is 0 Å². The number of fused-ring (bicyclic) bond motifs is 2. The predicted molar refractivity (Wildman–Crippen MR) is 74.4 cm³/mol. The summed E-state index contributed by atoms with van der Waals surface area (Å²) in [6.07, 6.45) is 0. The van der Waals surface area contributed by atoms with Crippen LogP contribution in [-0.2, 0) is 13.1 Å². The zero-order valence-corrected chi connectivity index (χ0v) is 10.3. The molecule has 0 fully saturated rings. The van der Waals surface area contributed by atoms with Gasteiger partial charge in [0.2, 0.25) is 0 Å². The van der Waals surface area contributed by atoms with Crippen molar-refractivity contribution in [2.75, 3.05) is 0 Å². The lowest BCUT2D eigenvalue weighted by atomic mass is 10.1. The number of aromatic nitrogens is 2. The number of nitrogens with zero attached hydrogens (tertiary/aromatic N) is 1. The van der Waals surface area contributed by atoms with Crippen molar-refractivity contribution in [1.82, 2.24) is 14.9 Å². The Bertz CT molecular complexity index is 829. The highest BCUT2D eigenvalue weighted by molar-refractivity contribution is 5.77. The minimum atomic E-state index is -0.0906. The van der Waals surface area contributed by atoms with Gasteiger partial charge in [-0.05, 0) is 35.4 Å². The number of hydrogen-bond donors (Lipinski definition) is 2. The molecule has 0 atom stereocenters. The van der Waals surface area contributed by atoms with E-state index in [2.05, 4.69) is 22.4 Å². The first kappa shape index (κ1) is 10.6. The quantitative estimate of drug-likeness (QED) is 0.694. The van der Waals surface area contributed by atoms with E-state index in [0.29, 0.717) is 0 Å². The predicted octanol–water partition coefficient (Wildman–Crippen LogP) is 1.92. The topological polar surface area (TPSA) is 49.8 Å². The molecule has 0 bridgehead atoms. The molecule has 2 N–H and O–H groups in total. The van der Waals surface area contributed by atoms with Crippen LogP contribution in [0, 0.1) is 0 Å². The number of imidazole rings is 1. The van der Waals surface area contributed by atoms with E-state index in [4.69, 9.17) is 0 Å². The maximum absolute atomic E-state index is 12.1. The number of benzene rings is 2. The molecule has 19 heavy (non-hydrogen) atoms. The molecule has 0 amide bonds. The van der Waals surface area contributed by atoms with Gasteiger partial charge in [-0.3, -0.25) is 4.57 Å². The van der Waals surface area contributed by atoms with E-state index in [-0.39, 0.29) is 5.69 Å². The van der Waals surface area contributed by atoms with Gasteiger partial charge in [-0.25, -0.2) is 4.79 Å². The molecule has 1 aliphatic rings. The highest BCUT2D eigenvalue weighted by Gasteiger charge is 2.13. The molecule has 1 aliphatic heterocycles. The van der Waals surface area contributed by atoms with Crippen LogP contribution in [0.1, 0.15) is 11.1 Å². The summed E-state index contributed by atoms with van der Waals surface area (Å²) in [5.74, 6) is 0. The third-order valence-electron chi connectivity index (χ3n) is 3.67. The molecule has 4 heteroatoms. The molecular weight excluding hydrogens is 238 g/mol. The average molecular weight is 251 g/mol. The molecule has 0 radical (unpaired) electrons. The zero-order chi connectivity index (χ0) is 12.8. The Labute approximate surface area is 109 Å². The van der Waals surface area contributed by atoms with E-state index < -0.39 is 0 Å². The Kier molecular flexibility index (Phi) is 2.13. The molecule has 4 nitrogen and oxygen atoms in total. The molecular formula is C15H13N3O. The molecule has 1 aromatic heterocycles. The molecule has 3 aromatic rings. The van der Waals surface area contributed by atoms with Crippen molar-refractivity contribution in [2.45, 2.75) is 13.1 Å². The summed E-state index contributed by atoms with van der Waals surface area (Å²) in [5.41, 5.74) is 5.20. The molecule has 4 rings (SSSR count). The van der Waals surface area contributed by atoms with Gasteiger partial charge in [-0.2, -0.15) is 0 Å². The second kappa shape index (κ2) is 3.83. The summed E-state index contributed by atoms with van der Waals surface area (Å²) in [6, 6.07) is 13.9. The van der Waals surface area contributed by atoms with Crippen LogP contribution in [0.15, 0.2) is 47.3 Å². The van der Waals surface area contributed by atoms with Crippen LogP contribution in [0.5, 0.6) is 0 Å². The fraction of sp³-hybridized carbons (Fsp3) is 0.133. The fourth-order valence-electron chi connectivity index (χ4n) is 2.73. The van der Waals surface area contributed by atoms with Gasteiger partial charge in [0.25, 0.3) is 0 Å². The SMILES string of the molecule is O=c1[nH]c2ccccc2n1-c1ccc2c(c1)CNC2. The van der Waals surface area contributed by atoms with E-state index in [1.807, 2.05) is 30.3 Å². The number of rotatable bonds is 1. The maximum Gasteiger partial charge on any atom is 0.331 e. The number of hydrogen-bond acceptors (Lipinski definition) is 2. The summed E-state index contributed by atoms with van der Waals surface area (Å²) >= 11 is 0. The highest BCUT2D eigenvalue weighted by atomic mass is 16.1. The van der Waals surface area contributed by atoms with Crippen LogP contribution in [-0.4, -0.2) is 9.55 Å². The monoisotopic (exact) mass is 251 g/mol. The Morgan fingerprint density at radius 2 is 1.84 bits per heavy atom. The van der Waals surface area contributed by atoms with Gasteiger partial charge in [0.1, 0.15) is 0 Å². The number of para-hydroxylation sites is 2. The van der Waals surface area contributed by atoms with Crippen LogP contribution in [0.3, 0.4) is 0 Å². The van der Waals surface area contributed by atoms with E-state index in [0.717, 1.165) is 29.8 Å². The zero-order valence-electron chi connectivity index (χ0n) is 10.3. The Morgan fingerprint density at radius 1 is 1.00 bits per heavy atom. The van der Waals surface area contributed by atoms with Crippen molar-refractivity contribution < 1.29 is 0 Å². The van der Waals surface area contributed by atoms with Crippen LogP contribution in [0.2, 0.25) is 0 Å². The summed E-state index contributed by atoms with van der Waals surface area (Å²) < 4.78 is 1.73. The molecule has 2 heterocycles. The third kappa shape index (κ3) is 1.54. The van der Waals surface area contributed by atoms with Crippen molar-refractivity contribution in [1.29, 1.82) is 0 Å². The lowest BCUT2D eigenvalue weighted by molar-refractivity contribution is 0.764. The van der Waals surface area contributed by atoms with Gasteiger partial charge < -0.3 is 10.3 Å². The molecule has 0 saturated heterocycles. The summed E-state index contributed by atoms with van der Waals surface area (Å²) in [7, 11) is 0. The minimum Gasteiger partial charge on any atom is -0.309 e. The van der Waals surface area contributed by atoms with Gasteiger partial charge in [0, 0.05) is 13.1 Å². The lowest BCUT2D eigenvalue weighted by Crippen LogP contribution is -2.14. The molecule has 94 valence electrons. The number of H-pyrrole nitrogens is 1. The standard InChI is InChI=1S/C15H13N3O/c19-15-17-13-3-1-2-4-14(13)18(15)12-6-5-10-8-16-9-11(10)7-12/h1-7,16H,8-9H2,(H,17,19). The average Bonchev–Trinajstić information content (AvgIpc) is 3.00. The van der Waals surface area contributed by atoms with Gasteiger partial charge in [-0.1, -0.05) is 18.2 Å². The number of aromatic amines is 1. The Morgan fingerprint density at radius 3 is 2.79 bits per heavy atom. The van der Waals surface area contributed by atoms with Crippen molar-refractivity contribution >= 4 is 11.0 Å². The molecule has 0 unspecified atom stereocenters. The first-order valence-corrected chi connectivity index (χ1v) is 6.35. The fourth-order valence-corrected chi connectivity index (χ4v) is 2.73. The smallest absolute Gasteiger partial charge is 0.309 e. The second-order valence-electron chi connectivity index (χ2n) is 4.84. The van der Waals surface area contributed by atoms with Crippen molar-refractivity contribution in [2.24, 2.45) is 0 Å². The summed E-state index contributed by atoms with van der Waals surface area (Å²) in [4.78, 5) is 15.0. The Hall–Kier alpha value is -2.33. The highest BCUT2D eigenvalue weighted by Crippen LogP contribution is 2.21. The first-order chi connectivity index (χ1) is 9.33. The van der Waals surface area contributed by atoms with Crippen LogP contribution >= 0.6 is 0 Å². The molecule has 0 saturated carbocycles. The molecule has 0 spiro atoms. The third-order valence-corrected chi connectivity index (χ3v) is 3.67. The summed E-state index contributed by atoms with van der Waals surface area (Å²) in [5, 5.41) is 3.32. The van der Waals surface area contributed by atoms with E-state index in [9.17, 15) is 4.79 Å². The van der Waals surface area contributed by atoms with Crippen LogP contribution in [0.25, 0.3) is 16.7 Å². The maximum atomic E-state index is 12.1. The molecule has 2 aromatic carbocycles. The van der Waals surface area contributed by atoms with Gasteiger partial charge in [0.15, 0.2) is 0 Å². The summed E-state index contributed by atoms with van der Waals surface area (Å²) in [6.45, 7) is 1.79. The second-order valence-corrected chi connectivity index (χ2v) is 4.84. The van der Waals surface area contributed by atoms with Gasteiger partial charge in [0.05, 0.1) is 16.7 Å². The Balaban J connectivity index is 2.00. The number of nitrogens with one attached hydrogen (secondary N) is 2. The van der Waals surface area contributed by atoms with Crippen LogP contribution < -0.4 is 11.0 Å². The normalized spacial score (nSPS) is 13.9. The lowest BCUT2D eigenvalue weighted by Gasteiger charge is -2.05. The largest absolute Gasteiger partial charge is 0.331 e. The minimum absolute atomic E-state index is 0.0906. The van der Waals surface area contributed by atoms with E-state index in [1.54, 1.807) is 4.57 Å². The van der Waals surface area contributed by atoms with Gasteiger partial charge in [-0.15, -0.1) is 0 Å². The van der Waals surface area contributed by atoms with Gasteiger partial charge >= 0.3 is 5.69 Å². The first-order valence-electron chi connectivity index (χ1n) is 6.35. The molecule has 0 aliphatic carbocycles. The van der Waals surface area contributed by atoms with Crippen LogP contribution in [0.4, 0.5) is 0 Å². The van der Waals surface area contributed by atoms with E-state index in [1.165, 1.54) is 11.1 Å². The van der Waals surface area contributed by atoms with Crippen molar-refractivity contribution in [3.05, 3.63) is 64.1 Å². The van der Waals surface area contributed by atoms with Crippen molar-refractivity contribution in [3.63, 3.8) is 0 Å². The van der Waals surface area contributed by atoms with Crippen molar-refractivity contribution in [3.8, 4) is 5.69 Å².